The van der Waals surface area contributed by atoms with E-state index >= 15 is 0 Å². The third kappa shape index (κ3) is 10.2. The van der Waals surface area contributed by atoms with Crippen LogP contribution < -0.4 is 69.7 Å². The smallest absolute Gasteiger partial charge is 0.744 e. The van der Waals surface area contributed by atoms with E-state index in [2.05, 4.69) is 30.6 Å². The van der Waals surface area contributed by atoms with Crippen molar-refractivity contribution in [3.63, 3.8) is 0 Å². The Labute approximate surface area is 304 Å². The van der Waals surface area contributed by atoms with Crippen LogP contribution in [0.5, 0.6) is 0 Å². The predicted octanol–water partition coefficient (Wildman–Crippen LogP) is -0.646. The summed E-state index contributed by atoms with van der Waals surface area (Å²) in [4.78, 5) is 14.1. The molecule has 2 N–H and O–H groups in total. The zero-order chi connectivity index (χ0) is 29.2. The Kier molecular flexibility index (Phi) is 13.5. The molecule has 12 nitrogen and oxygen atoms in total. The first-order valence-corrected chi connectivity index (χ1v) is 14.8. The van der Waals surface area contributed by atoms with E-state index in [-0.39, 0.29) is 114 Å². The second kappa shape index (κ2) is 15.3. The average Bonchev–Trinajstić information content (AvgIpc) is 2.81. The van der Waals surface area contributed by atoms with Crippen molar-refractivity contribution in [1.29, 1.82) is 0 Å². The van der Waals surface area contributed by atoms with Crippen molar-refractivity contribution >= 4 is 102 Å². The Balaban J connectivity index is 0.00000308. The molecule has 0 bridgehead atoms. The van der Waals surface area contributed by atoms with Gasteiger partial charge < -0.3 is 19.7 Å². The summed E-state index contributed by atoms with van der Waals surface area (Å²) < 4.78 is 72.0. The number of hydrogen-bond donors (Lipinski definition) is 2. The van der Waals surface area contributed by atoms with Crippen LogP contribution in [0.1, 0.15) is 11.1 Å². The maximum atomic E-state index is 12.0. The van der Waals surface area contributed by atoms with Gasteiger partial charge in [0.25, 0.3) is 0 Å². The van der Waals surface area contributed by atoms with Crippen molar-refractivity contribution in [3.8, 4) is 0 Å². The monoisotopic (exact) mass is 706 g/mol. The van der Waals surface area contributed by atoms with E-state index in [9.17, 15) is 25.9 Å². The zero-order valence-corrected chi connectivity index (χ0v) is 30.0. The fourth-order valence-corrected chi connectivity index (χ4v) is 5.51. The van der Waals surface area contributed by atoms with Gasteiger partial charge in [-0.25, -0.2) is 36.8 Å². The second-order valence-electron chi connectivity index (χ2n) is 7.68. The number of aromatic nitrogens is 4. The summed E-state index contributed by atoms with van der Waals surface area (Å²) in [6.45, 7) is 0. The number of halogens is 4. The van der Waals surface area contributed by atoms with Crippen molar-refractivity contribution in [1.82, 2.24) is 19.9 Å². The van der Waals surface area contributed by atoms with Gasteiger partial charge in [-0.1, -0.05) is 59.1 Å². The minimum Gasteiger partial charge on any atom is -0.744 e. The minimum absolute atomic E-state index is 0. The summed E-state index contributed by atoms with van der Waals surface area (Å²) in [7, 11) is -10.0. The van der Waals surface area contributed by atoms with Crippen LogP contribution in [0.3, 0.4) is 0 Å². The molecule has 4 aromatic rings. The van der Waals surface area contributed by atoms with E-state index in [1.54, 1.807) is 0 Å². The topological polar surface area (TPSA) is 190 Å². The molecule has 20 heteroatoms. The van der Waals surface area contributed by atoms with Crippen LogP contribution in [0, 0.1) is 0 Å². The summed E-state index contributed by atoms with van der Waals surface area (Å²) in [5.74, 6) is 0.0764. The molecule has 0 saturated carbocycles. The van der Waals surface area contributed by atoms with Gasteiger partial charge in [-0.15, -0.1) is 0 Å². The first-order chi connectivity index (χ1) is 18.7. The fourth-order valence-electron chi connectivity index (χ4n) is 3.29. The van der Waals surface area contributed by atoms with Crippen LogP contribution in [-0.4, -0.2) is 45.9 Å². The molecule has 0 aliphatic heterocycles. The molecule has 0 atom stereocenters. The first-order valence-electron chi connectivity index (χ1n) is 10.5. The van der Waals surface area contributed by atoms with Gasteiger partial charge in [-0.2, -0.15) is 0 Å². The van der Waals surface area contributed by atoms with Crippen LogP contribution in [0.25, 0.3) is 12.2 Å². The van der Waals surface area contributed by atoms with Gasteiger partial charge in [0.1, 0.15) is 41.5 Å². The van der Waals surface area contributed by atoms with Gasteiger partial charge in [0.2, 0.25) is 11.2 Å². The van der Waals surface area contributed by atoms with Crippen molar-refractivity contribution < 1.29 is 85.1 Å². The molecule has 0 aliphatic carbocycles. The molecule has 0 aliphatic rings. The number of nitrogens with one attached hydrogen (secondary N) is 2. The predicted molar refractivity (Wildman–Crippen MR) is 148 cm³/mol. The van der Waals surface area contributed by atoms with E-state index in [0.29, 0.717) is 0 Å². The van der Waals surface area contributed by atoms with E-state index < -0.39 is 30.0 Å². The van der Waals surface area contributed by atoms with Crippen molar-refractivity contribution in [2.24, 2.45) is 0 Å². The summed E-state index contributed by atoms with van der Waals surface area (Å²) in [6.07, 6.45) is 2.34. The van der Waals surface area contributed by atoms with E-state index in [4.69, 9.17) is 46.4 Å². The van der Waals surface area contributed by atoms with Crippen LogP contribution in [0.2, 0.25) is 20.7 Å². The summed E-state index contributed by atoms with van der Waals surface area (Å²) in [5.41, 5.74) is 0.0946. The maximum absolute atomic E-state index is 12.0. The largest absolute Gasteiger partial charge is 1.00 e. The Morgan fingerprint density at radius 3 is 1.52 bits per heavy atom. The molecule has 0 saturated heterocycles. The maximum Gasteiger partial charge on any atom is 1.00 e. The van der Waals surface area contributed by atoms with Gasteiger partial charge in [-0.3, -0.25) is 0 Å². The summed E-state index contributed by atoms with van der Waals surface area (Å²) in [6, 6.07) is 10.1. The minimum atomic E-state index is -5.01. The van der Waals surface area contributed by atoms with E-state index in [0.717, 1.165) is 12.1 Å². The zero-order valence-electron chi connectivity index (χ0n) is 21.3. The third-order valence-corrected chi connectivity index (χ3v) is 7.40. The van der Waals surface area contributed by atoms with Gasteiger partial charge in [-0.05, 0) is 47.0 Å². The molecule has 2 aromatic carbocycles. The van der Waals surface area contributed by atoms with Crippen LogP contribution in [0.4, 0.5) is 23.1 Å². The van der Waals surface area contributed by atoms with Crippen molar-refractivity contribution in [2.45, 2.75) is 9.79 Å². The van der Waals surface area contributed by atoms with Gasteiger partial charge >= 0.3 is 59.1 Å². The second-order valence-corrected chi connectivity index (χ2v) is 11.9. The molecule has 208 valence electrons. The molecular formula is C22H12Cl4N6Na2O6S2. The molecule has 4 rings (SSSR count). The molecule has 2 heterocycles. The molecule has 0 radical (unpaired) electrons. The molecule has 0 unspecified atom stereocenters. The molecule has 42 heavy (non-hydrogen) atoms. The fraction of sp³-hybridized carbons (Fsp3) is 0. The Morgan fingerprint density at radius 1 is 0.619 bits per heavy atom. The molecule has 0 spiro atoms. The molecule has 2 aromatic heterocycles. The Morgan fingerprint density at radius 2 is 1.07 bits per heavy atom. The summed E-state index contributed by atoms with van der Waals surface area (Å²) in [5, 5.41) is 5.35. The van der Waals surface area contributed by atoms with Gasteiger partial charge in [0, 0.05) is 23.5 Å². The average molecular weight is 708 g/mol. The number of hydrogen-bond acceptors (Lipinski definition) is 12. The summed E-state index contributed by atoms with van der Waals surface area (Å²) >= 11 is 23.3. The van der Waals surface area contributed by atoms with E-state index in [1.807, 2.05) is 0 Å². The standard InChI is InChI=1S/C22H14Cl4N6O6S2.2Na/c23-17-9-18(24)31-22(30-17)28-14-6-4-12(16(8-14)40(36,37)38)2-1-11-3-5-13(7-15(11)39(33,34)35)27-20-10-19(25)29-21(26)32-20;;/h1-10H,(H,27,29,32)(H,28,30,31)(H,33,34,35)(H,36,37,38);;/q;2*+1/p-2/b2-1+;;. The van der Waals surface area contributed by atoms with Crippen LogP contribution in [-0.2, 0) is 20.2 Å². The van der Waals surface area contributed by atoms with Crippen LogP contribution >= 0.6 is 46.4 Å². The SMILES string of the molecule is O=S(=O)([O-])c1cc(Nc2cc(Cl)nc(Cl)n2)ccc1/C=C/c1ccc(Nc2nc(Cl)cc(Cl)n2)cc1S(=O)(=O)[O-].[Na+].[Na+]. The quantitative estimate of drug-likeness (QED) is 0.0776. The number of benzene rings is 2. The molecule has 0 amide bonds. The van der Waals surface area contributed by atoms with Gasteiger partial charge in [0.05, 0.1) is 9.79 Å². The normalized spacial score (nSPS) is 11.5. The first kappa shape index (κ1) is 37.1. The molecular weight excluding hydrogens is 696 g/mol. The van der Waals surface area contributed by atoms with Gasteiger partial charge in [0.15, 0.2) is 0 Å². The number of anilines is 4. The number of nitrogens with zero attached hydrogens (tertiary/aromatic N) is 4. The van der Waals surface area contributed by atoms with Crippen molar-refractivity contribution in [3.05, 3.63) is 80.4 Å². The Bertz CT molecular complexity index is 1710. The van der Waals surface area contributed by atoms with E-state index in [1.165, 1.54) is 48.6 Å². The van der Waals surface area contributed by atoms with Crippen LogP contribution in [0.15, 0.2) is 58.3 Å². The number of rotatable bonds is 8. The molecule has 0 fully saturated rings. The van der Waals surface area contributed by atoms with Crippen molar-refractivity contribution in [2.75, 3.05) is 10.6 Å². The third-order valence-electron chi connectivity index (χ3n) is 4.87. The Hall–Kier alpha value is -1.08.